The molecule has 0 fully saturated rings. The number of aromatic amines is 1. The molecule has 0 saturated carbocycles. The van der Waals surface area contributed by atoms with Crippen LogP contribution in [0.5, 0.6) is 5.75 Å². The number of H-pyrrole nitrogens is 1. The molecule has 0 saturated heterocycles. The molecule has 0 bridgehead atoms. The molecule has 8 heteroatoms. The van der Waals surface area contributed by atoms with Gasteiger partial charge in [0.1, 0.15) is 11.4 Å². The molecule has 1 aliphatic heterocycles. The van der Waals surface area contributed by atoms with Gasteiger partial charge in [-0.25, -0.2) is 0 Å². The number of rotatable bonds is 4. The van der Waals surface area contributed by atoms with Crippen molar-refractivity contribution in [3.05, 3.63) is 45.9 Å². The maximum absolute atomic E-state index is 12.3. The highest BCUT2D eigenvalue weighted by molar-refractivity contribution is 9.11. The van der Waals surface area contributed by atoms with E-state index in [1.54, 1.807) is 16.2 Å². The molecule has 3 heterocycles. The minimum atomic E-state index is -0.187. The average molecular weight is 420 g/mol. The first-order chi connectivity index (χ1) is 12.1. The van der Waals surface area contributed by atoms with Crippen molar-refractivity contribution in [2.45, 2.75) is 0 Å². The number of carbonyl (C=O) groups is 2. The number of para-hydroxylation sites is 2. The first-order valence-corrected chi connectivity index (χ1v) is 9.31. The minimum Gasteiger partial charge on any atom is -0.482 e. The smallest absolute Gasteiger partial charge is 0.267 e. The number of nitrogens with zero attached hydrogens (tertiary/aromatic N) is 1. The average Bonchev–Trinajstić information content (AvgIpc) is 3.14. The van der Waals surface area contributed by atoms with Gasteiger partial charge in [-0.15, -0.1) is 11.3 Å². The number of hydrogen-bond donors (Lipinski definition) is 2. The van der Waals surface area contributed by atoms with E-state index in [-0.39, 0.29) is 18.4 Å². The number of aromatic nitrogens is 1. The number of fused-ring (bicyclic) bond motifs is 2. The number of nitrogens with one attached hydrogen (secondary N) is 2. The molecule has 0 spiro atoms. The molecule has 3 aromatic rings. The fraction of sp³-hybridized carbons (Fsp3) is 0.176. The van der Waals surface area contributed by atoms with Crippen molar-refractivity contribution in [1.82, 2.24) is 10.3 Å². The van der Waals surface area contributed by atoms with E-state index in [4.69, 9.17) is 4.74 Å². The third-order valence-corrected chi connectivity index (χ3v) is 5.53. The summed E-state index contributed by atoms with van der Waals surface area (Å²) >= 11 is 4.99. The second kappa shape index (κ2) is 6.53. The summed E-state index contributed by atoms with van der Waals surface area (Å²) in [7, 11) is 0. The van der Waals surface area contributed by atoms with Crippen molar-refractivity contribution >= 4 is 55.0 Å². The van der Waals surface area contributed by atoms with Gasteiger partial charge in [0.2, 0.25) is 0 Å². The van der Waals surface area contributed by atoms with E-state index in [2.05, 4.69) is 26.2 Å². The van der Waals surface area contributed by atoms with Crippen LogP contribution in [0.4, 0.5) is 5.69 Å². The number of halogens is 1. The number of hydrogen-bond acceptors (Lipinski definition) is 4. The van der Waals surface area contributed by atoms with Gasteiger partial charge in [0, 0.05) is 13.1 Å². The SMILES string of the molecule is O=C(NCCN1C(=O)COc2ccccc21)c1cc2sc(Br)cc2[nH]1. The summed E-state index contributed by atoms with van der Waals surface area (Å²) in [5.74, 6) is 0.385. The van der Waals surface area contributed by atoms with E-state index in [9.17, 15) is 9.59 Å². The standard InChI is InChI=1S/C17H14BrN3O3S/c18-15-8-10-14(25-15)7-11(20-10)17(23)19-5-6-21-12-3-1-2-4-13(12)24-9-16(21)22/h1-4,7-8,20H,5-6,9H2,(H,19,23). The first kappa shape index (κ1) is 16.2. The predicted molar refractivity (Wildman–Crippen MR) is 100 cm³/mol. The fourth-order valence-corrected chi connectivity index (χ4v) is 4.32. The highest BCUT2D eigenvalue weighted by Gasteiger charge is 2.24. The second-order valence-corrected chi connectivity index (χ2v) is 8.03. The Kier molecular flexibility index (Phi) is 4.22. The Balaban J connectivity index is 1.41. The van der Waals surface area contributed by atoms with Crippen molar-refractivity contribution < 1.29 is 14.3 Å². The first-order valence-electron chi connectivity index (χ1n) is 7.70. The van der Waals surface area contributed by atoms with Crippen LogP contribution in [0.2, 0.25) is 0 Å². The summed E-state index contributed by atoms with van der Waals surface area (Å²) < 4.78 is 7.45. The van der Waals surface area contributed by atoms with Crippen LogP contribution in [0, 0.1) is 0 Å². The molecule has 0 radical (unpaired) electrons. The zero-order chi connectivity index (χ0) is 17.4. The lowest BCUT2D eigenvalue weighted by Crippen LogP contribution is -2.43. The summed E-state index contributed by atoms with van der Waals surface area (Å²) in [6.07, 6.45) is 0. The van der Waals surface area contributed by atoms with E-state index in [1.807, 2.05) is 36.4 Å². The molecule has 6 nitrogen and oxygen atoms in total. The number of anilines is 1. The zero-order valence-corrected chi connectivity index (χ0v) is 15.4. The predicted octanol–water partition coefficient (Wildman–Crippen LogP) is 3.15. The van der Waals surface area contributed by atoms with E-state index in [1.165, 1.54) is 0 Å². The maximum Gasteiger partial charge on any atom is 0.267 e. The van der Waals surface area contributed by atoms with Crippen LogP contribution in [0.25, 0.3) is 10.2 Å². The molecule has 1 aromatic carbocycles. The summed E-state index contributed by atoms with van der Waals surface area (Å²) in [6, 6.07) is 11.2. The van der Waals surface area contributed by atoms with E-state index in [0.29, 0.717) is 24.5 Å². The molecule has 0 aliphatic carbocycles. The van der Waals surface area contributed by atoms with E-state index in [0.717, 1.165) is 19.7 Å². The topological polar surface area (TPSA) is 74.4 Å². The molecule has 2 amide bonds. The van der Waals surface area contributed by atoms with Gasteiger partial charge in [-0.05, 0) is 40.2 Å². The molecule has 2 N–H and O–H groups in total. The lowest BCUT2D eigenvalue weighted by molar-refractivity contribution is -0.121. The van der Waals surface area contributed by atoms with Gasteiger partial charge < -0.3 is 19.9 Å². The largest absolute Gasteiger partial charge is 0.482 e. The molecular weight excluding hydrogens is 406 g/mol. The zero-order valence-electron chi connectivity index (χ0n) is 13.0. The number of benzene rings is 1. The number of ether oxygens (including phenoxy) is 1. The van der Waals surface area contributed by atoms with Gasteiger partial charge >= 0.3 is 0 Å². The second-order valence-electron chi connectivity index (χ2n) is 5.57. The quantitative estimate of drug-likeness (QED) is 0.681. The van der Waals surface area contributed by atoms with Crippen LogP contribution in [0.15, 0.2) is 40.2 Å². The van der Waals surface area contributed by atoms with E-state index < -0.39 is 0 Å². The van der Waals surface area contributed by atoms with Crippen LogP contribution in [0.3, 0.4) is 0 Å². The highest BCUT2D eigenvalue weighted by atomic mass is 79.9. The number of carbonyl (C=O) groups excluding carboxylic acids is 2. The minimum absolute atomic E-state index is 0.0206. The number of thiophene rings is 1. The fourth-order valence-electron chi connectivity index (χ4n) is 2.79. The maximum atomic E-state index is 12.3. The van der Waals surface area contributed by atoms with E-state index >= 15 is 0 Å². The molecule has 25 heavy (non-hydrogen) atoms. The third-order valence-electron chi connectivity index (χ3n) is 3.95. The van der Waals surface area contributed by atoms with Gasteiger partial charge in [-0.1, -0.05) is 12.1 Å². The molecular formula is C17H14BrN3O3S. The Morgan fingerprint density at radius 2 is 2.20 bits per heavy atom. The van der Waals surface area contributed by atoms with Crippen LogP contribution in [0.1, 0.15) is 10.5 Å². The van der Waals surface area contributed by atoms with Gasteiger partial charge in [-0.3, -0.25) is 9.59 Å². The third kappa shape index (κ3) is 3.14. The molecule has 0 unspecified atom stereocenters. The van der Waals surface area contributed by atoms with Gasteiger partial charge in [-0.2, -0.15) is 0 Å². The van der Waals surface area contributed by atoms with Crippen molar-refractivity contribution in [3.8, 4) is 5.75 Å². The van der Waals surface area contributed by atoms with Gasteiger partial charge in [0.15, 0.2) is 6.61 Å². The lowest BCUT2D eigenvalue weighted by atomic mass is 10.2. The van der Waals surface area contributed by atoms with Crippen LogP contribution < -0.4 is 15.0 Å². The Hall–Kier alpha value is -2.32. The van der Waals surface area contributed by atoms with Crippen molar-refractivity contribution in [1.29, 1.82) is 0 Å². The van der Waals surface area contributed by atoms with Gasteiger partial charge in [0.25, 0.3) is 11.8 Å². The molecule has 4 rings (SSSR count). The number of amides is 2. The normalized spacial score (nSPS) is 13.6. The molecule has 1 aliphatic rings. The Bertz CT molecular complexity index is 934. The summed E-state index contributed by atoms with van der Waals surface area (Å²) in [6.45, 7) is 0.771. The molecule has 128 valence electrons. The Morgan fingerprint density at radius 3 is 3.04 bits per heavy atom. The molecule has 0 atom stereocenters. The van der Waals surface area contributed by atoms with Crippen LogP contribution in [-0.2, 0) is 4.79 Å². The van der Waals surface area contributed by atoms with Crippen molar-refractivity contribution in [3.63, 3.8) is 0 Å². The Morgan fingerprint density at radius 1 is 1.36 bits per heavy atom. The Labute approximate surface area is 155 Å². The van der Waals surface area contributed by atoms with Crippen LogP contribution >= 0.6 is 27.3 Å². The van der Waals surface area contributed by atoms with Gasteiger partial charge in [0.05, 0.1) is 19.7 Å². The molecule has 2 aromatic heterocycles. The van der Waals surface area contributed by atoms with Crippen molar-refractivity contribution in [2.75, 3.05) is 24.6 Å². The van der Waals surface area contributed by atoms with Crippen LogP contribution in [-0.4, -0.2) is 36.5 Å². The monoisotopic (exact) mass is 419 g/mol. The summed E-state index contributed by atoms with van der Waals surface area (Å²) in [5.41, 5.74) is 2.18. The summed E-state index contributed by atoms with van der Waals surface area (Å²) in [4.78, 5) is 29.1. The lowest BCUT2D eigenvalue weighted by Gasteiger charge is -2.29. The highest BCUT2D eigenvalue weighted by Crippen LogP contribution is 2.31. The summed E-state index contributed by atoms with van der Waals surface area (Å²) in [5, 5.41) is 2.85. The van der Waals surface area contributed by atoms with Crippen molar-refractivity contribution in [2.24, 2.45) is 0 Å².